The highest BCUT2D eigenvalue weighted by atomic mass is 32.2. The van der Waals surface area contributed by atoms with Crippen LogP contribution in [0.1, 0.15) is 36.5 Å². The molecule has 1 aromatic carbocycles. The summed E-state index contributed by atoms with van der Waals surface area (Å²) in [5.74, 6) is 1.27. The number of rotatable bonds is 3. The number of hydrogen-bond acceptors (Lipinski definition) is 3. The molecule has 0 N–H and O–H groups in total. The first-order chi connectivity index (χ1) is 10.7. The van der Waals surface area contributed by atoms with Crippen LogP contribution in [0.15, 0.2) is 24.5 Å². The Balaban J connectivity index is 1.81. The van der Waals surface area contributed by atoms with Crippen LogP contribution < -0.4 is 0 Å². The van der Waals surface area contributed by atoms with E-state index in [4.69, 9.17) is 0 Å². The van der Waals surface area contributed by atoms with E-state index >= 15 is 0 Å². The van der Waals surface area contributed by atoms with Gasteiger partial charge in [0.1, 0.15) is 0 Å². The van der Waals surface area contributed by atoms with Crippen LogP contribution in [0.5, 0.6) is 0 Å². The average molecular weight is 317 g/mol. The highest BCUT2D eigenvalue weighted by Gasteiger charge is 2.23. The summed E-state index contributed by atoms with van der Waals surface area (Å²) in [6.07, 6.45) is 5.35. The zero-order valence-electron chi connectivity index (χ0n) is 13.3. The summed E-state index contributed by atoms with van der Waals surface area (Å²) >= 11 is 1.98. The Labute approximate surface area is 135 Å². The number of aromatic nitrogens is 2. The fourth-order valence-electron chi connectivity index (χ4n) is 3.11. The molecule has 118 valence electrons. The van der Waals surface area contributed by atoms with Crippen molar-refractivity contribution < 1.29 is 4.79 Å². The number of benzene rings is 1. The van der Waals surface area contributed by atoms with Crippen molar-refractivity contribution in [2.24, 2.45) is 7.05 Å². The summed E-state index contributed by atoms with van der Waals surface area (Å²) in [6.45, 7) is 3.94. The normalized spacial score (nSPS) is 19.4. The van der Waals surface area contributed by atoms with Crippen molar-refractivity contribution in [1.82, 2.24) is 14.5 Å². The average Bonchev–Trinajstić information content (AvgIpc) is 2.74. The predicted molar refractivity (Wildman–Crippen MR) is 92.4 cm³/mol. The molecule has 0 aliphatic carbocycles. The van der Waals surface area contributed by atoms with Gasteiger partial charge in [-0.2, -0.15) is 11.8 Å². The summed E-state index contributed by atoms with van der Waals surface area (Å²) in [4.78, 5) is 19.2. The molecule has 5 heteroatoms. The number of hydrogen-bond donors (Lipinski definition) is 0. The molecule has 4 nitrogen and oxygen atoms in total. The van der Waals surface area contributed by atoms with E-state index in [0.29, 0.717) is 5.25 Å². The SMILES string of the molecule is CCSC1CCCCN(C(=O)c2ccc3c(c2)ncn3C)C1. The second kappa shape index (κ2) is 6.73. The van der Waals surface area contributed by atoms with Gasteiger partial charge in [-0.05, 0) is 36.8 Å². The lowest BCUT2D eigenvalue weighted by atomic mass is 10.1. The summed E-state index contributed by atoms with van der Waals surface area (Å²) in [5, 5.41) is 0.579. The van der Waals surface area contributed by atoms with Crippen LogP contribution in [0.2, 0.25) is 0 Å². The first-order valence-corrected chi connectivity index (χ1v) is 9.06. The van der Waals surface area contributed by atoms with E-state index in [9.17, 15) is 4.79 Å². The number of thioether (sulfide) groups is 1. The lowest BCUT2D eigenvalue weighted by molar-refractivity contribution is 0.0763. The Morgan fingerprint density at radius 2 is 2.27 bits per heavy atom. The van der Waals surface area contributed by atoms with Gasteiger partial charge in [-0.1, -0.05) is 13.3 Å². The molecule has 1 saturated heterocycles. The van der Waals surface area contributed by atoms with E-state index < -0.39 is 0 Å². The van der Waals surface area contributed by atoms with Crippen molar-refractivity contribution in [2.75, 3.05) is 18.8 Å². The Morgan fingerprint density at radius 3 is 3.09 bits per heavy atom. The van der Waals surface area contributed by atoms with Crippen LogP contribution in [-0.4, -0.2) is 44.5 Å². The quantitative estimate of drug-likeness (QED) is 0.871. The van der Waals surface area contributed by atoms with E-state index in [1.807, 2.05) is 46.5 Å². The number of imidazole rings is 1. The number of likely N-dealkylation sites (tertiary alicyclic amines) is 1. The molecule has 2 heterocycles. The van der Waals surface area contributed by atoms with Gasteiger partial charge in [0.25, 0.3) is 5.91 Å². The molecule has 1 fully saturated rings. The molecule has 1 aromatic heterocycles. The van der Waals surface area contributed by atoms with Gasteiger partial charge in [0.05, 0.1) is 17.4 Å². The Bertz CT molecular complexity index is 667. The van der Waals surface area contributed by atoms with Crippen LogP contribution in [0.3, 0.4) is 0 Å². The minimum absolute atomic E-state index is 0.149. The molecule has 2 aromatic rings. The number of carbonyl (C=O) groups excluding carboxylic acids is 1. The largest absolute Gasteiger partial charge is 0.338 e. The van der Waals surface area contributed by atoms with Gasteiger partial charge >= 0.3 is 0 Å². The highest BCUT2D eigenvalue weighted by Crippen LogP contribution is 2.24. The highest BCUT2D eigenvalue weighted by molar-refractivity contribution is 7.99. The maximum atomic E-state index is 12.8. The van der Waals surface area contributed by atoms with Gasteiger partial charge in [-0.25, -0.2) is 4.98 Å². The smallest absolute Gasteiger partial charge is 0.253 e. The molecular formula is C17H23N3OS. The lowest BCUT2D eigenvalue weighted by Gasteiger charge is -2.24. The zero-order chi connectivity index (χ0) is 15.5. The van der Waals surface area contributed by atoms with Crippen LogP contribution >= 0.6 is 11.8 Å². The maximum absolute atomic E-state index is 12.8. The molecule has 1 atom stereocenters. The Kier molecular flexibility index (Phi) is 4.71. The summed E-state index contributed by atoms with van der Waals surface area (Å²) < 4.78 is 1.98. The molecular weight excluding hydrogens is 294 g/mol. The standard InChI is InChI=1S/C17H23N3OS/c1-3-22-14-6-4-5-9-20(11-14)17(21)13-7-8-16-15(10-13)18-12-19(16)2/h7-8,10,12,14H,3-6,9,11H2,1-2H3. The third kappa shape index (κ3) is 3.14. The van der Waals surface area contributed by atoms with Crippen molar-refractivity contribution in [3.63, 3.8) is 0 Å². The molecule has 22 heavy (non-hydrogen) atoms. The molecule has 0 bridgehead atoms. The minimum atomic E-state index is 0.149. The van der Waals surface area contributed by atoms with Crippen molar-refractivity contribution in [1.29, 1.82) is 0 Å². The fraction of sp³-hybridized carbons (Fsp3) is 0.529. The molecule has 3 rings (SSSR count). The summed E-state index contributed by atoms with van der Waals surface area (Å²) in [5.41, 5.74) is 2.71. The molecule has 0 radical (unpaired) electrons. The molecule has 1 aliphatic heterocycles. The van der Waals surface area contributed by atoms with E-state index in [1.165, 1.54) is 12.8 Å². The van der Waals surface area contributed by atoms with E-state index in [2.05, 4.69) is 11.9 Å². The van der Waals surface area contributed by atoms with Crippen LogP contribution in [0, 0.1) is 0 Å². The van der Waals surface area contributed by atoms with E-state index in [0.717, 1.165) is 41.9 Å². The minimum Gasteiger partial charge on any atom is -0.338 e. The summed E-state index contributed by atoms with van der Waals surface area (Å²) in [7, 11) is 1.97. The lowest BCUT2D eigenvalue weighted by Crippen LogP contribution is -2.35. The zero-order valence-corrected chi connectivity index (χ0v) is 14.1. The van der Waals surface area contributed by atoms with Gasteiger partial charge in [-0.3, -0.25) is 4.79 Å². The maximum Gasteiger partial charge on any atom is 0.253 e. The fourth-order valence-corrected chi connectivity index (χ4v) is 4.20. The monoisotopic (exact) mass is 317 g/mol. The van der Waals surface area contributed by atoms with Crippen molar-refractivity contribution >= 4 is 28.7 Å². The van der Waals surface area contributed by atoms with Crippen molar-refractivity contribution in [3.8, 4) is 0 Å². The van der Waals surface area contributed by atoms with Gasteiger partial charge in [0.15, 0.2) is 0 Å². The van der Waals surface area contributed by atoms with Crippen LogP contribution in [0.25, 0.3) is 11.0 Å². The predicted octanol–water partition coefficient (Wildman–Crippen LogP) is 3.32. The number of fused-ring (bicyclic) bond motifs is 1. The molecule has 1 amide bonds. The molecule has 1 aliphatic rings. The Hall–Kier alpha value is -1.49. The van der Waals surface area contributed by atoms with Gasteiger partial charge in [-0.15, -0.1) is 0 Å². The van der Waals surface area contributed by atoms with Gasteiger partial charge in [0, 0.05) is 31.0 Å². The second-order valence-corrected chi connectivity index (χ2v) is 7.46. The van der Waals surface area contributed by atoms with E-state index in [1.54, 1.807) is 6.33 Å². The van der Waals surface area contributed by atoms with Crippen molar-refractivity contribution in [2.45, 2.75) is 31.4 Å². The molecule has 0 saturated carbocycles. The van der Waals surface area contributed by atoms with Gasteiger partial charge < -0.3 is 9.47 Å². The number of carbonyl (C=O) groups is 1. The van der Waals surface area contributed by atoms with E-state index in [-0.39, 0.29) is 5.91 Å². The topological polar surface area (TPSA) is 38.1 Å². The Morgan fingerprint density at radius 1 is 1.41 bits per heavy atom. The third-order valence-corrected chi connectivity index (χ3v) is 5.48. The number of aryl methyl sites for hydroxylation is 1. The second-order valence-electron chi connectivity index (χ2n) is 5.88. The number of amides is 1. The van der Waals surface area contributed by atoms with Crippen LogP contribution in [0.4, 0.5) is 0 Å². The third-order valence-electron chi connectivity index (χ3n) is 4.29. The van der Waals surface area contributed by atoms with Crippen LogP contribution in [-0.2, 0) is 7.05 Å². The molecule has 1 unspecified atom stereocenters. The number of nitrogens with zero attached hydrogens (tertiary/aromatic N) is 3. The molecule has 0 spiro atoms. The summed E-state index contributed by atoms with van der Waals surface area (Å²) in [6, 6.07) is 5.84. The first-order valence-electron chi connectivity index (χ1n) is 8.01. The van der Waals surface area contributed by atoms with Gasteiger partial charge in [0.2, 0.25) is 0 Å². The van der Waals surface area contributed by atoms with Crippen molar-refractivity contribution in [3.05, 3.63) is 30.1 Å². The first kappa shape index (κ1) is 15.4.